The SMILES string of the molecule is Cc1cnc2n1-c1ccc(N3CC[C@@H](N)C3)cc1Cn1cc(-c3ccc(C#N)cc3)cc1-2. The van der Waals surface area contributed by atoms with Crippen LogP contribution in [0.5, 0.6) is 0 Å². The number of hydrogen-bond donors (Lipinski definition) is 1. The van der Waals surface area contributed by atoms with Gasteiger partial charge in [0.05, 0.1) is 23.0 Å². The van der Waals surface area contributed by atoms with Gasteiger partial charge >= 0.3 is 0 Å². The van der Waals surface area contributed by atoms with E-state index in [0.717, 1.165) is 54.4 Å². The normalized spacial score (nSPS) is 16.8. The van der Waals surface area contributed by atoms with Crippen LogP contribution >= 0.6 is 0 Å². The summed E-state index contributed by atoms with van der Waals surface area (Å²) >= 11 is 0. The van der Waals surface area contributed by atoms with Gasteiger partial charge in [0.25, 0.3) is 0 Å². The predicted molar refractivity (Wildman–Crippen MR) is 126 cm³/mol. The van der Waals surface area contributed by atoms with Crippen LogP contribution in [-0.2, 0) is 6.54 Å². The van der Waals surface area contributed by atoms with Gasteiger partial charge in [0.2, 0.25) is 0 Å². The quantitative estimate of drug-likeness (QED) is 0.467. The molecule has 0 saturated carbocycles. The van der Waals surface area contributed by atoms with Crippen LogP contribution in [-0.4, -0.2) is 33.2 Å². The number of nitrogens with zero attached hydrogens (tertiary/aromatic N) is 5. The average Bonchev–Trinajstić information content (AvgIpc) is 3.51. The van der Waals surface area contributed by atoms with Gasteiger partial charge in [0.15, 0.2) is 5.82 Å². The van der Waals surface area contributed by atoms with E-state index < -0.39 is 0 Å². The first-order chi connectivity index (χ1) is 15.6. The average molecular weight is 421 g/mol. The van der Waals surface area contributed by atoms with Crippen LogP contribution in [0.15, 0.2) is 60.9 Å². The van der Waals surface area contributed by atoms with E-state index in [-0.39, 0.29) is 6.04 Å². The summed E-state index contributed by atoms with van der Waals surface area (Å²) in [7, 11) is 0. The molecule has 2 aromatic carbocycles. The van der Waals surface area contributed by atoms with Crippen molar-refractivity contribution in [2.75, 3.05) is 18.0 Å². The topological polar surface area (TPSA) is 75.8 Å². The number of hydrogen-bond acceptors (Lipinski definition) is 4. The largest absolute Gasteiger partial charge is 0.370 e. The number of aromatic nitrogens is 3. The third-order valence-electron chi connectivity index (χ3n) is 6.65. The predicted octanol–water partition coefficient (Wildman–Crippen LogP) is 4.09. The van der Waals surface area contributed by atoms with Crippen molar-refractivity contribution in [1.29, 1.82) is 5.26 Å². The van der Waals surface area contributed by atoms with Crippen molar-refractivity contribution in [3.8, 4) is 34.4 Å². The maximum Gasteiger partial charge on any atom is 0.161 e. The zero-order valence-corrected chi connectivity index (χ0v) is 18.0. The second-order valence-corrected chi connectivity index (χ2v) is 8.80. The zero-order chi connectivity index (χ0) is 21.8. The Morgan fingerprint density at radius 1 is 1.09 bits per heavy atom. The van der Waals surface area contributed by atoms with Crippen LogP contribution in [0.1, 0.15) is 23.2 Å². The molecule has 2 aromatic heterocycles. The number of fused-ring (bicyclic) bond motifs is 5. The van der Waals surface area contributed by atoms with Crippen LogP contribution in [0.4, 0.5) is 5.69 Å². The van der Waals surface area contributed by atoms with Crippen molar-refractivity contribution in [2.24, 2.45) is 5.73 Å². The zero-order valence-electron chi connectivity index (χ0n) is 18.0. The summed E-state index contributed by atoms with van der Waals surface area (Å²) < 4.78 is 4.55. The smallest absolute Gasteiger partial charge is 0.161 e. The van der Waals surface area contributed by atoms with Gasteiger partial charge in [-0.25, -0.2) is 4.98 Å². The molecule has 32 heavy (non-hydrogen) atoms. The Hall–Kier alpha value is -3.82. The number of imidazole rings is 1. The van der Waals surface area contributed by atoms with Gasteiger partial charge in [-0.05, 0) is 60.9 Å². The number of anilines is 1. The lowest BCUT2D eigenvalue weighted by Crippen LogP contribution is -2.26. The van der Waals surface area contributed by atoms with E-state index in [1.165, 1.54) is 16.9 Å². The van der Waals surface area contributed by atoms with E-state index in [1.54, 1.807) is 0 Å². The van der Waals surface area contributed by atoms with Gasteiger partial charge in [0.1, 0.15) is 0 Å². The molecule has 1 atom stereocenters. The standard InChI is InChI=1S/C26H24N6/c1-17-13-29-26-25-11-20(19-4-2-18(12-27)3-5-19)14-31(25)15-21-10-23(6-7-24(21)32(17)26)30-9-8-22(28)16-30/h2-7,10-11,13-14,22H,8-9,15-16,28H2,1H3/t22-/m1/s1. The highest BCUT2D eigenvalue weighted by atomic mass is 15.2. The van der Waals surface area contributed by atoms with Crippen LogP contribution in [0.3, 0.4) is 0 Å². The summed E-state index contributed by atoms with van der Waals surface area (Å²) in [6.07, 6.45) is 5.17. The summed E-state index contributed by atoms with van der Waals surface area (Å²) in [5, 5.41) is 9.11. The lowest BCUT2D eigenvalue weighted by molar-refractivity contribution is 0.752. The molecule has 158 valence electrons. The molecule has 6 rings (SSSR count). The third-order valence-corrected chi connectivity index (χ3v) is 6.65. The van der Waals surface area contributed by atoms with E-state index in [2.05, 4.69) is 57.5 Å². The Kier molecular flexibility index (Phi) is 4.20. The fourth-order valence-corrected chi connectivity index (χ4v) is 4.96. The molecule has 0 spiro atoms. The molecule has 0 amide bonds. The van der Waals surface area contributed by atoms with E-state index in [9.17, 15) is 0 Å². The lowest BCUT2D eigenvalue weighted by atomic mass is 10.1. The molecule has 4 heterocycles. The highest BCUT2D eigenvalue weighted by Gasteiger charge is 2.25. The Morgan fingerprint density at radius 2 is 1.94 bits per heavy atom. The Bertz CT molecular complexity index is 1370. The van der Waals surface area contributed by atoms with Crippen molar-refractivity contribution >= 4 is 5.69 Å². The van der Waals surface area contributed by atoms with Crippen molar-refractivity contribution in [1.82, 2.24) is 14.1 Å². The summed E-state index contributed by atoms with van der Waals surface area (Å²) in [5.74, 6) is 0.956. The Labute approximate surface area is 187 Å². The van der Waals surface area contributed by atoms with Gasteiger partial charge in [-0.2, -0.15) is 5.26 Å². The molecule has 0 bridgehead atoms. The maximum absolute atomic E-state index is 9.11. The van der Waals surface area contributed by atoms with Gasteiger partial charge in [-0.15, -0.1) is 0 Å². The number of nitriles is 1. The minimum atomic E-state index is 0.252. The van der Waals surface area contributed by atoms with Gasteiger partial charge in [0, 0.05) is 55.0 Å². The van der Waals surface area contributed by atoms with Crippen LogP contribution in [0, 0.1) is 18.3 Å². The molecular formula is C26H24N6. The Morgan fingerprint density at radius 3 is 2.69 bits per heavy atom. The molecule has 2 N–H and O–H groups in total. The molecule has 1 fully saturated rings. The second-order valence-electron chi connectivity index (χ2n) is 8.80. The maximum atomic E-state index is 9.11. The molecule has 0 unspecified atom stereocenters. The van der Waals surface area contributed by atoms with Crippen LogP contribution < -0.4 is 10.6 Å². The molecule has 1 saturated heterocycles. The van der Waals surface area contributed by atoms with Crippen LogP contribution in [0.2, 0.25) is 0 Å². The highest BCUT2D eigenvalue weighted by Crippen LogP contribution is 2.36. The van der Waals surface area contributed by atoms with Crippen molar-refractivity contribution in [3.63, 3.8) is 0 Å². The van der Waals surface area contributed by atoms with Crippen molar-refractivity contribution < 1.29 is 0 Å². The van der Waals surface area contributed by atoms with Gasteiger partial charge in [-0.1, -0.05) is 12.1 Å². The minimum Gasteiger partial charge on any atom is -0.370 e. The fourth-order valence-electron chi connectivity index (χ4n) is 4.96. The van der Waals surface area contributed by atoms with E-state index >= 15 is 0 Å². The fraction of sp³-hybridized carbons (Fsp3) is 0.231. The lowest BCUT2D eigenvalue weighted by Gasteiger charge is -2.21. The summed E-state index contributed by atoms with van der Waals surface area (Å²) in [4.78, 5) is 7.16. The first-order valence-electron chi connectivity index (χ1n) is 11.0. The van der Waals surface area contributed by atoms with E-state index in [4.69, 9.17) is 16.0 Å². The molecule has 6 heteroatoms. The first-order valence-corrected chi connectivity index (χ1v) is 11.0. The summed E-state index contributed by atoms with van der Waals surface area (Å²) in [5.41, 5.74) is 15.0. The second kappa shape index (κ2) is 7.11. The molecule has 0 radical (unpaired) electrons. The molecule has 2 aliphatic rings. The Balaban J connectivity index is 1.47. The number of aryl methyl sites for hydroxylation is 1. The third kappa shape index (κ3) is 2.94. The van der Waals surface area contributed by atoms with E-state index in [0.29, 0.717) is 5.56 Å². The molecule has 6 nitrogen and oxygen atoms in total. The first kappa shape index (κ1) is 18.9. The van der Waals surface area contributed by atoms with Gasteiger partial charge < -0.3 is 15.2 Å². The highest BCUT2D eigenvalue weighted by molar-refractivity contribution is 5.73. The van der Waals surface area contributed by atoms with E-state index in [1.807, 2.05) is 30.5 Å². The van der Waals surface area contributed by atoms with Crippen molar-refractivity contribution in [2.45, 2.75) is 25.9 Å². The number of nitrogens with two attached hydrogens (primary N) is 1. The molecular weight excluding hydrogens is 396 g/mol. The molecule has 0 aliphatic carbocycles. The van der Waals surface area contributed by atoms with Crippen molar-refractivity contribution in [3.05, 3.63) is 77.7 Å². The molecule has 2 aliphatic heterocycles. The molecule has 4 aromatic rings. The van der Waals surface area contributed by atoms with Gasteiger partial charge in [-0.3, -0.25) is 4.57 Å². The summed E-state index contributed by atoms with van der Waals surface area (Å²) in [6.45, 7) is 4.80. The summed E-state index contributed by atoms with van der Waals surface area (Å²) in [6, 6.07) is 19.1. The monoisotopic (exact) mass is 420 g/mol. The van der Waals surface area contributed by atoms with Crippen LogP contribution in [0.25, 0.3) is 28.3 Å². The number of rotatable bonds is 2. The minimum absolute atomic E-state index is 0.252. The number of benzene rings is 2.